The molecule has 1 aromatic heterocycles. The lowest BCUT2D eigenvalue weighted by atomic mass is 10.1. The summed E-state index contributed by atoms with van der Waals surface area (Å²) in [7, 11) is 0. The molecule has 6 nitrogen and oxygen atoms in total. The van der Waals surface area contributed by atoms with E-state index < -0.39 is 0 Å². The summed E-state index contributed by atoms with van der Waals surface area (Å²) in [4.78, 5) is 12.1. The Morgan fingerprint density at radius 3 is 2.48 bits per heavy atom. The molecule has 3 N–H and O–H groups in total. The zero-order valence-electron chi connectivity index (χ0n) is 15.0. The van der Waals surface area contributed by atoms with Gasteiger partial charge >= 0.3 is 6.03 Å². The quantitative estimate of drug-likeness (QED) is 0.751. The van der Waals surface area contributed by atoms with Crippen LogP contribution in [0.3, 0.4) is 0 Å². The molecule has 136 valence electrons. The van der Waals surface area contributed by atoms with Gasteiger partial charge < -0.3 is 15.7 Å². The van der Waals surface area contributed by atoms with Crippen molar-refractivity contribution in [3.63, 3.8) is 0 Å². The molecule has 0 saturated heterocycles. The second-order valence-corrected chi connectivity index (χ2v) is 6.36. The number of hydrogen-bond donors (Lipinski definition) is 3. The summed E-state index contributed by atoms with van der Waals surface area (Å²) in [5, 5.41) is 19.2. The van der Waals surface area contributed by atoms with E-state index in [2.05, 4.69) is 15.7 Å². The van der Waals surface area contributed by atoms with Crippen LogP contribution in [0.25, 0.3) is 5.69 Å². The summed E-state index contributed by atoms with van der Waals surface area (Å²) >= 11 is 0. The molecule has 7 heteroatoms. The van der Waals surface area contributed by atoms with Crippen LogP contribution in [-0.4, -0.2) is 33.6 Å². The molecule has 3 unspecified atom stereocenters. The summed E-state index contributed by atoms with van der Waals surface area (Å²) in [5.41, 5.74) is 2.51. The Morgan fingerprint density at radius 2 is 1.88 bits per heavy atom. The standard InChI is InChI=1S/C18H25FN4O2/c1-11(10-24)12(2)21-18(25)22-13(3)17-9-20-23(14(17)4)16-7-5-15(19)6-8-16/h5-9,11-13,24H,10H2,1-4H3,(H2,21,22,25). The first-order chi connectivity index (χ1) is 11.8. The topological polar surface area (TPSA) is 79.2 Å². The summed E-state index contributed by atoms with van der Waals surface area (Å²) in [6, 6.07) is 5.40. The average Bonchev–Trinajstić information content (AvgIpc) is 2.96. The van der Waals surface area contributed by atoms with Gasteiger partial charge in [0.1, 0.15) is 5.82 Å². The van der Waals surface area contributed by atoms with Gasteiger partial charge in [0, 0.05) is 23.9 Å². The number of urea groups is 1. The third-order valence-corrected chi connectivity index (χ3v) is 4.43. The molecule has 0 spiro atoms. The van der Waals surface area contributed by atoms with Gasteiger partial charge in [-0.15, -0.1) is 0 Å². The Hall–Kier alpha value is -2.41. The molecule has 3 atom stereocenters. The first-order valence-corrected chi connectivity index (χ1v) is 8.31. The van der Waals surface area contributed by atoms with Gasteiger partial charge in [0.05, 0.1) is 17.9 Å². The van der Waals surface area contributed by atoms with Crippen molar-refractivity contribution in [1.82, 2.24) is 20.4 Å². The Labute approximate surface area is 147 Å². The van der Waals surface area contributed by atoms with Crippen molar-refractivity contribution in [2.24, 2.45) is 5.92 Å². The minimum absolute atomic E-state index is 0.0144. The number of carbonyl (C=O) groups excluding carboxylic acids is 1. The highest BCUT2D eigenvalue weighted by molar-refractivity contribution is 5.74. The van der Waals surface area contributed by atoms with Crippen LogP contribution in [0.15, 0.2) is 30.5 Å². The van der Waals surface area contributed by atoms with Crippen LogP contribution < -0.4 is 10.6 Å². The summed E-state index contributed by atoms with van der Waals surface area (Å²) in [6.07, 6.45) is 1.70. The lowest BCUT2D eigenvalue weighted by Crippen LogP contribution is -2.45. The fraction of sp³-hybridized carbons (Fsp3) is 0.444. The maximum absolute atomic E-state index is 13.1. The number of nitrogens with zero attached hydrogens (tertiary/aromatic N) is 2. The first kappa shape index (κ1) is 18.9. The van der Waals surface area contributed by atoms with Crippen LogP contribution in [0.2, 0.25) is 0 Å². The van der Waals surface area contributed by atoms with Gasteiger partial charge in [-0.05, 0) is 51.0 Å². The zero-order chi connectivity index (χ0) is 18.6. The number of halogens is 1. The fourth-order valence-corrected chi connectivity index (χ4v) is 2.51. The summed E-state index contributed by atoms with van der Waals surface area (Å²) < 4.78 is 14.8. The Morgan fingerprint density at radius 1 is 1.24 bits per heavy atom. The van der Waals surface area contributed by atoms with E-state index in [0.717, 1.165) is 16.9 Å². The second kappa shape index (κ2) is 8.11. The highest BCUT2D eigenvalue weighted by Crippen LogP contribution is 2.20. The maximum Gasteiger partial charge on any atom is 0.315 e. The van der Waals surface area contributed by atoms with E-state index in [1.807, 2.05) is 27.7 Å². The lowest BCUT2D eigenvalue weighted by Gasteiger charge is -2.21. The minimum Gasteiger partial charge on any atom is -0.396 e. The molecule has 1 aromatic carbocycles. The molecule has 1 heterocycles. The van der Waals surface area contributed by atoms with Gasteiger partial charge in [-0.25, -0.2) is 13.9 Å². The summed E-state index contributed by atoms with van der Waals surface area (Å²) in [5.74, 6) is -0.323. The van der Waals surface area contributed by atoms with Gasteiger partial charge in [-0.3, -0.25) is 0 Å². The largest absolute Gasteiger partial charge is 0.396 e. The van der Waals surface area contributed by atoms with E-state index in [1.54, 1.807) is 23.0 Å². The van der Waals surface area contributed by atoms with Crippen LogP contribution in [0, 0.1) is 18.7 Å². The number of aromatic nitrogens is 2. The second-order valence-electron chi connectivity index (χ2n) is 6.36. The molecule has 25 heavy (non-hydrogen) atoms. The van der Waals surface area contributed by atoms with E-state index in [0.29, 0.717) is 0 Å². The Kier molecular flexibility index (Phi) is 6.14. The maximum atomic E-state index is 13.1. The molecule has 0 radical (unpaired) electrons. The molecule has 2 amide bonds. The Bertz CT molecular complexity index is 714. The van der Waals surface area contributed by atoms with E-state index in [4.69, 9.17) is 5.11 Å². The van der Waals surface area contributed by atoms with Gasteiger partial charge in [-0.1, -0.05) is 6.92 Å². The molecular weight excluding hydrogens is 323 g/mol. The van der Waals surface area contributed by atoms with E-state index in [-0.39, 0.29) is 36.5 Å². The number of aliphatic hydroxyl groups is 1. The summed E-state index contributed by atoms with van der Waals surface area (Å²) in [6.45, 7) is 7.51. The van der Waals surface area contributed by atoms with Crippen molar-refractivity contribution in [3.8, 4) is 5.69 Å². The number of benzene rings is 1. The SMILES string of the molecule is Cc1c(C(C)NC(=O)NC(C)C(C)CO)cnn1-c1ccc(F)cc1. The Balaban J connectivity index is 2.06. The molecule has 2 aromatic rings. The van der Waals surface area contributed by atoms with Gasteiger partial charge in [-0.2, -0.15) is 5.10 Å². The molecule has 2 rings (SSSR count). The number of aliphatic hydroxyl groups excluding tert-OH is 1. The van der Waals surface area contributed by atoms with Crippen molar-refractivity contribution in [2.45, 2.75) is 39.8 Å². The van der Waals surface area contributed by atoms with Gasteiger partial charge in [0.2, 0.25) is 0 Å². The van der Waals surface area contributed by atoms with Crippen LogP contribution in [0.4, 0.5) is 9.18 Å². The van der Waals surface area contributed by atoms with E-state index >= 15 is 0 Å². The normalized spacial score (nSPS) is 14.6. The third kappa shape index (κ3) is 4.57. The highest BCUT2D eigenvalue weighted by Gasteiger charge is 2.18. The predicted octanol–water partition coefficient (Wildman–Crippen LogP) is 2.70. The molecule has 0 aliphatic heterocycles. The van der Waals surface area contributed by atoms with Crippen molar-refractivity contribution in [1.29, 1.82) is 0 Å². The molecular formula is C18H25FN4O2. The van der Waals surface area contributed by atoms with Crippen LogP contribution in [-0.2, 0) is 0 Å². The van der Waals surface area contributed by atoms with Crippen LogP contribution in [0.1, 0.15) is 38.1 Å². The zero-order valence-corrected chi connectivity index (χ0v) is 15.0. The van der Waals surface area contributed by atoms with Gasteiger partial charge in [0.25, 0.3) is 0 Å². The monoisotopic (exact) mass is 348 g/mol. The minimum atomic E-state index is -0.299. The number of carbonyl (C=O) groups is 1. The molecule has 0 aliphatic carbocycles. The van der Waals surface area contributed by atoms with Crippen molar-refractivity contribution < 1.29 is 14.3 Å². The fourth-order valence-electron chi connectivity index (χ4n) is 2.51. The van der Waals surface area contributed by atoms with Crippen molar-refractivity contribution >= 4 is 6.03 Å². The number of nitrogens with one attached hydrogen (secondary N) is 2. The average molecular weight is 348 g/mol. The van der Waals surface area contributed by atoms with Gasteiger partial charge in [0.15, 0.2) is 0 Å². The van der Waals surface area contributed by atoms with Crippen molar-refractivity contribution in [2.75, 3.05) is 6.61 Å². The molecule has 0 bridgehead atoms. The van der Waals surface area contributed by atoms with E-state index in [1.165, 1.54) is 12.1 Å². The number of rotatable bonds is 6. The molecule has 0 aliphatic rings. The third-order valence-electron chi connectivity index (χ3n) is 4.43. The lowest BCUT2D eigenvalue weighted by molar-refractivity contribution is 0.199. The first-order valence-electron chi connectivity index (χ1n) is 8.31. The molecule has 0 fully saturated rings. The smallest absolute Gasteiger partial charge is 0.315 e. The van der Waals surface area contributed by atoms with E-state index in [9.17, 15) is 9.18 Å². The number of hydrogen-bond acceptors (Lipinski definition) is 3. The highest BCUT2D eigenvalue weighted by atomic mass is 19.1. The van der Waals surface area contributed by atoms with Crippen molar-refractivity contribution in [3.05, 3.63) is 47.5 Å². The predicted molar refractivity (Wildman–Crippen MR) is 94.1 cm³/mol. The molecule has 0 saturated carbocycles. The van der Waals surface area contributed by atoms with Crippen LogP contribution >= 0.6 is 0 Å². The van der Waals surface area contributed by atoms with Crippen LogP contribution in [0.5, 0.6) is 0 Å². The number of amides is 2.